The molecule has 3 N–H and O–H groups in total. The third kappa shape index (κ3) is 3.64. The van der Waals surface area contributed by atoms with Gasteiger partial charge in [0.25, 0.3) is 11.4 Å². The van der Waals surface area contributed by atoms with Crippen molar-refractivity contribution in [2.24, 2.45) is 5.73 Å². The van der Waals surface area contributed by atoms with Crippen molar-refractivity contribution in [3.05, 3.63) is 73.3 Å². The van der Waals surface area contributed by atoms with E-state index in [0.29, 0.717) is 11.3 Å². The third-order valence-corrected chi connectivity index (χ3v) is 3.47. The summed E-state index contributed by atoms with van der Waals surface area (Å²) in [7, 11) is 0. The molecule has 0 spiro atoms. The summed E-state index contributed by atoms with van der Waals surface area (Å²) >= 11 is 0. The van der Waals surface area contributed by atoms with Crippen LogP contribution in [0.1, 0.15) is 21.5 Å². The molecule has 0 aromatic heterocycles. The fraction of sp³-hybridized carbons (Fsp3) is 0.133. The maximum absolute atomic E-state index is 11.2. The first-order valence-corrected chi connectivity index (χ1v) is 6.85. The lowest BCUT2D eigenvalue weighted by Gasteiger charge is -2.10. The maximum Gasteiger partial charge on any atom is 0.275 e. The molecule has 0 unspecified atom stereocenters. The standard InChI is InChI=1S/C15H14N4O5/c1-9-2-5-12(18(21)22)7-13(9)17-8-11-4-3-10(15(16)20)6-14(11)19(23)24/h2-7,17H,8H2,1H3,(H2,16,20). The lowest BCUT2D eigenvalue weighted by atomic mass is 10.1. The zero-order valence-corrected chi connectivity index (χ0v) is 12.7. The van der Waals surface area contributed by atoms with Gasteiger partial charge in [-0.15, -0.1) is 0 Å². The molecule has 0 atom stereocenters. The van der Waals surface area contributed by atoms with Gasteiger partial charge in [-0.05, 0) is 24.6 Å². The summed E-state index contributed by atoms with van der Waals surface area (Å²) in [5.41, 5.74) is 6.42. The van der Waals surface area contributed by atoms with Crippen LogP contribution in [0, 0.1) is 27.2 Å². The summed E-state index contributed by atoms with van der Waals surface area (Å²) in [6.07, 6.45) is 0. The number of benzene rings is 2. The molecule has 2 aromatic carbocycles. The Kier molecular flexibility index (Phi) is 4.73. The number of nitrogens with one attached hydrogen (secondary N) is 1. The zero-order chi connectivity index (χ0) is 17.9. The van der Waals surface area contributed by atoms with Gasteiger partial charge in [0.2, 0.25) is 5.91 Å². The van der Waals surface area contributed by atoms with Gasteiger partial charge in [0.15, 0.2) is 0 Å². The van der Waals surface area contributed by atoms with Crippen LogP contribution < -0.4 is 11.1 Å². The minimum atomic E-state index is -0.757. The van der Waals surface area contributed by atoms with Crippen LogP contribution in [-0.2, 0) is 6.54 Å². The van der Waals surface area contributed by atoms with E-state index in [1.165, 1.54) is 24.3 Å². The van der Waals surface area contributed by atoms with E-state index in [-0.39, 0.29) is 23.5 Å². The van der Waals surface area contributed by atoms with E-state index in [4.69, 9.17) is 5.73 Å². The van der Waals surface area contributed by atoms with Crippen LogP contribution >= 0.6 is 0 Å². The Morgan fingerprint density at radius 1 is 1.12 bits per heavy atom. The topological polar surface area (TPSA) is 141 Å². The lowest BCUT2D eigenvalue weighted by Crippen LogP contribution is -2.12. The summed E-state index contributed by atoms with van der Waals surface area (Å²) in [4.78, 5) is 32.0. The molecule has 24 heavy (non-hydrogen) atoms. The molecule has 0 bridgehead atoms. The molecule has 0 radical (unpaired) electrons. The van der Waals surface area contributed by atoms with Crippen molar-refractivity contribution in [1.29, 1.82) is 0 Å². The first-order chi connectivity index (χ1) is 11.3. The quantitative estimate of drug-likeness (QED) is 0.615. The normalized spacial score (nSPS) is 10.2. The van der Waals surface area contributed by atoms with Gasteiger partial charge in [-0.25, -0.2) is 0 Å². The number of hydrogen-bond donors (Lipinski definition) is 2. The largest absolute Gasteiger partial charge is 0.380 e. The molecule has 2 aromatic rings. The fourth-order valence-electron chi connectivity index (χ4n) is 2.14. The van der Waals surface area contributed by atoms with Crippen molar-refractivity contribution in [2.75, 3.05) is 5.32 Å². The second kappa shape index (κ2) is 6.73. The Bertz CT molecular complexity index is 835. The molecule has 1 amide bonds. The highest BCUT2D eigenvalue weighted by molar-refractivity contribution is 5.93. The van der Waals surface area contributed by atoms with Crippen LogP contribution in [0.3, 0.4) is 0 Å². The number of carbonyl (C=O) groups is 1. The number of non-ortho nitro benzene ring substituents is 1. The predicted molar refractivity (Wildman–Crippen MR) is 86.8 cm³/mol. The Balaban J connectivity index is 2.29. The molecule has 0 aliphatic carbocycles. The van der Waals surface area contributed by atoms with Gasteiger partial charge in [-0.1, -0.05) is 6.07 Å². The number of rotatable bonds is 6. The molecule has 0 saturated heterocycles. The van der Waals surface area contributed by atoms with Crippen molar-refractivity contribution < 1.29 is 14.6 Å². The number of nitrogens with zero attached hydrogens (tertiary/aromatic N) is 2. The molecule has 124 valence electrons. The van der Waals surface area contributed by atoms with Crippen molar-refractivity contribution in [3.63, 3.8) is 0 Å². The summed E-state index contributed by atoms with van der Waals surface area (Å²) < 4.78 is 0. The van der Waals surface area contributed by atoms with Crippen LogP contribution in [-0.4, -0.2) is 15.8 Å². The number of nitrogens with two attached hydrogens (primary N) is 1. The molecule has 0 heterocycles. The van der Waals surface area contributed by atoms with Gasteiger partial charge in [-0.2, -0.15) is 0 Å². The Hall–Kier alpha value is -3.49. The van der Waals surface area contributed by atoms with Gasteiger partial charge >= 0.3 is 0 Å². The van der Waals surface area contributed by atoms with Crippen molar-refractivity contribution >= 4 is 23.0 Å². The van der Waals surface area contributed by atoms with E-state index in [0.717, 1.165) is 11.6 Å². The SMILES string of the molecule is Cc1ccc([N+](=O)[O-])cc1NCc1ccc(C(N)=O)cc1[N+](=O)[O-]. The fourth-order valence-corrected chi connectivity index (χ4v) is 2.14. The van der Waals surface area contributed by atoms with Crippen LogP contribution in [0.2, 0.25) is 0 Å². The Morgan fingerprint density at radius 3 is 2.42 bits per heavy atom. The highest BCUT2D eigenvalue weighted by atomic mass is 16.6. The first-order valence-electron chi connectivity index (χ1n) is 6.85. The van der Waals surface area contributed by atoms with Gasteiger partial charge in [-0.3, -0.25) is 25.0 Å². The minimum absolute atomic E-state index is 0.0389. The van der Waals surface area contributed by atoms with Crippen LogP contribution in [0.15, 0.2) is 36.4 Å². The molecule has 0 saturated carbocycles. The smallest absolute Gasteiger partial charge is 0.275 e. The number of nitro benzene ring substituents is 2. The average molecular weight is 330 g/mol. The van der Waals surface area contributed by atoms with Gasteiger partial charge < -0.3 is 11.1 Å². The first kappa shape index (κ1) is 16.9. The second-order valence-corrected chi connectivity index (χ2v) is 5.07. The van der Waals surface area contributed by atoms with E-state index < -0.39 is 15.8 Å². The van der Waals surface area contributed by atoms with Gasteiger partial charge in [0, 0.05) is 41.6 Å². The molecule has 0 aliphatic rings. The number of nitro groups is 2. The summed E-state index contributed by atoms with van der Waals surface area (Å²) in [6, 6.07) is 8.26. The van der Waals surface area contributed by atoms with E-state index in [1.807, 2.05) is 0 Å². The highest BCUT2D eigenvalue weighted by Gasteiger charge is 2.17. The third-order valence-electron chi connectivity index (χ3n) is 3.47. The highest BCUT2D eigenvalue weighted by Crippen LogP contribution is 2.25. The average Bonchev–Trinajstić information content (AvgIpc) is 2.53. The van der Waals surface area contributed by atoms with E-state index >= 15 is 0 Å². The van der Waals surface area contributed by atoms with E-state index in [1.54, 1.807) is 13.0 Å². The van der Waals surface area contributed by atoms with Crippen molar-refractivity contribution in [1.82, 2.24) is 0 Å². The number of hydrogen-bond acceptors (Lipinski definition) is 6. The lowest BCUT2D eigenvalue weighted by molar-refractivity contribution is -0.385. The summed E-state index contributed by atoms with van der Waals surface area (Å²) in [5, 5.41) is 24.9. The predicted octanol–water partition coefficient (Wildman–Crippen LogP) is 2.52. The summed E-state index contributed by atoms with van der Waals surface area (Å²) in [6.45, 7) is 1.83. The van der Waals surface area contributed by atoms with E-state index in [2.05, 4.69) is 5.32 Å². The monoisotopic (exact) mass is 330 g/mol. The molecule has 0 fully saturated rings. The van der Waals surface area contributed by atoms with Crippen molar-refractivity contribution in [3.8, 4) is 0 Å². The van der Waals surface area contributed by atoms with Crippen LogP contribution in [0.5, 0.6) is 0 Å². The van der Waals surface area contributed by atoms with Crippen molar-refractivity contribution in [2.45, 2.75) is 13.5 Å². The molecule has 2 rings (SSSR count). The van der Waals surface area contributed by atoms with Crippen LogP contribution in [0.4, 0.5) is 17.1 Å². The van der Waals surface area contributed by atoms with Gasteiger partial charge in [0.05, 0.1) is 9.85 Å². The van der Waals surface area contributed by atoms with Gasteiger partial charge in [0.1, 0.15) is 0 Å². The molecule has 9 heteroatoms. The maximum atomic E-state index is 11.2. The zero-order valence-electron chi connectivity index (χ0n) is 12.7. The number of amides is 1. The number of primary amides is 1. The number of carbonyl (C=O) groups excluding carboxylic acids is 1. The second-order valence-electron chi connectivity index (χ2n) is 5.07. The molecular weight excluding hydrogens is 316 g/mol. The Labute approximate surface area is 136 Å². The van der Waals surface area contributed by atoms with E-state index in [9.17, 15) is 25.0 Å². The number of aryl methyl sites for hydroxylation is 1. The molecule has 9 nitrogen and oxygen atoms in total. The minimum Gasteiger partial charge on any atom is -0.380 e. The van der Waals surface area contributed by atoms with Crippen LogP contribution in [0.25, 0.3) is 0 Å². The molecular formula is C15H14N4O5. The Morgan fingerprint density at radius 2 is 1.83 bits per heavy atom. The number of anilines is 1. The molecule has 0 aliphatic heterocycles. The summed E-state index contributed by atoms with van der Waals surface area (Å²) in [5.74, 6) is -0.757.